The van der Waals surface area contributed by atoms with E-state index in [4.69, 9.17) is 0 Å². The Morgan fingerprint density at radius 3 is 2.07 bits per heavy atom. The number of tetrazole rings is 1. The van der Waals surface area contributed by atoms with Crippen LogP contribution in [0, 0.1) is 0 Å². The maximum atomic E-state index is 13.0. The zero-order valence-corrected chi connectivity index (χ0v) is 17.4. The molecule has 6 nitrogen and oxygen atoms in total. The number of benzene rings is 2. The number of hydrogen-bond acceptors (Lipinski definition) is 5. The van der Waals surface area contributed by atoms with Crippen molar-refractivity contribution >= 4 is 17.7 Å². The lowest BCUT2D eigenvalue weighted by atomic mass is 9.97. The third-order valence-corrected chi connectivity index (χ3v) is 5.32. The van der Waals surface area contributed by atoms with E-state index in [-0.39, 0.29) is 23.2 Å². The van der Waals surface area contributed by atoms with Crippen molar-refractivity contribution in [3.8, 4) is 0 Å². The number of carbonyl (C=O) groups excluding carboxylic acids is 1. The Labute approximate surface area is 169 Å². The average molecular weight is 396 g/mol. The first kappa shape index (κ1) is 20.1. The molecule has 0 saturated heterocycles. The van der Waals surface area contributed by atoms with Gasteiger partial charge in [-0.05, 0) is 42.3 Å². The summed E-state index contributed by atoms with van der Waals surface area (Å²) in [7, 11) is 1.85. The van der Waals surface area contributed by atoms with Gasteiger partial charge in [-0.1, -0.05) is 72.4 Å². The van der Waals surface area contributed by atoms with Gasteiger partial charge in [0.25, 0.3) is 0 Å². The zero-order chi connectivity index (χ0) is 20.1. The van der Waals surface area contributed by atoms with Crippen molar-refractivity contribution in [1.82, 2.24) is 25.1 Å². The van der Waals surface area contributed by atoms with E-state index in [1.54, 1.807) is 9.58 Å². The van der Waals surface area contributed by atoms with Crippen LogP contribution in [0.25, 0.3) is 0 Å². The molecule has 0 aliphatic carbocycles. The number of amides is 1. The Hall–Kier alpha value is -2.67. The van der Waals surface area contributed by atoms with Gasteiger partial charge in [-0.2, -0.15) is 0 Å². The summed E-state index contributed by atoms with van der Waals surface area (Å²) in [5, 5.41) is 12.5. The van der Waals surface area contributed by atoms with Crippen molar-refractivity contribution in [1.29, 1.82) is 0 Å². The highest BCUT2D eigenvalue weighted by atomic mass is 32.2. The smallest absolute Gasteiger partial charge is 0.233 e. The number of carbonyl (C=O) groups is 1. The van der Waals surface area contributed by atoms with Crippen molar-refractivity contribution in [3.63, 3.8) is 0 Å². The largest absolute Gasteiger partial charge is 0.334 e. The van der Waals surface area contributed by atoms with Gasteiger partial charge in [-0.3, -0.25) is 4.79 Å². The third-order valence-electron chi connectivity index (χ3n) is 4.41. The quantitative estimate of drug-likeness (QED) is 0.595. The molecular weight excluding hydrogens is 370 g/mol. The molecule has 0 unspecified atom stereocenters. The summed E-state index contributed by atoms with van der Waals surface area (Å²) in [4.78, 5) is 14.8. The van der Waals surface area contributed by atoms with Crippen LogP contribution < -0.4 is 0 Å². The number of aromatic nitrogens is 4. The Morgan fingerprint density at radius 1 is 1.04 bits per heavy atom. The van der Waals surface area contributed by atoms with Gasteiger partial charge >= 0.3 is 0 Å². The van der Waals surface area contributed by atoms with Crippen molar-refractivity contribution in [2.75, 3.05) is 12.8 Å². The lowest BCUT2D eigenvalue weighted by Crippen LogP contribution is -2.33. The number of rotatable bonds is 6. The molecule has 3 aromatic rings. The SMILES string of the molecule is CN(C(=O)CSc1nnnn1C(C)(C)C)C(c1ccccc1)c1ccccc1. The van der Waals surface area contributed by atoms with Gasteiger partial charge in [0, 0.05) is 7.05 Å². The Morgan fingerprint density at radius 2 is 1.57 bits per heavy atom. The molecule has 3 rings (SSSR count). The van der Waals surface area contributed by atoms with Crippen molar-refractivity contribution in [3.05, 3.63) is 71.8 Å². The minimum absolute atomic E-state index is 0.0196. The fourth-order valence-corrected chi connectivity index (χ4v) is 3.96. The molecule has 1 aromatic heterocycles. The van der Waals surface area contributed by atoms with Crippen LogP contribution in [0.1, 0.15) is 37.9 Å². The first-order valence-electron chi connectivity index (χ1n) is 9.15. The van der Waals surface area contributed by atoms with Gasteiger partial charge in [-0.15, -0.1) is 5.10 Å². The average Bonchev–Trinajstić information content (AvgIpc) is 3.17. The first-order chi connectivity index (χ1) is 13.4. The molecule has 0 radical (unpaired) electrons. The van der Waals surface area contributed by atoms with Crippen molar-refractivity contribution in [2.45, 2.75) is 37.5 Å². The van der Waals surface area contributed by atoms with Gasteiger partial charge in [0.1, 0.15) is 0 Å². The predicted molar refractivity (Wildman–Crippen MR) is 111 cm³/mol. The summed E-state index contributed by atoms with van der Waals surface area (Å²) < 4.78 is 1.75. The van der Waals surface area contributed by atoms with Crippen molar-refractivity contribution in [2.24, 2.45) is 0 Å². The monoisotopic (exact) mass is 395 g/mol. The molecule has 0 fully saturated rings. The summed E-state index contributed by atoms with van der Waals surface area (Å²) in [6, 6.07) is 20.0. The third kappa shape index (κ3) is 4.59. The molecule has 146 valence electrons. The molecule has 0 atom stereocenters. The molecule has 0 spiro atoms. The summed E-state index contributed by atoms with van der Waals surface area (Å²) >= 11 is 1.36. The molecule has 0 N–H and O–H groups in total. The highest BCUT2D eigenvalue weighted by Gasteiger charge is 2.25. The summed E-state index contributed by atoms with van der Waals surface area (Å²) in [5.74, 6) is 0.287. The lowest BCUT2D eigenvalue weighted by Gasteiger charge is -2.29. The molecule has 1 heterocycles. The number of thioether (sulfide) groups is 1. The second-order valence-corrected chi connectivity index (χ2v) is 8.50. The van der Waals surface area contributed by atoms with Gasteiger partial charge in [0.15, 0.2) is 0 Å². The lowest BCUT2D eigenvalue weighted by molar-refractivity contribution is -0.128. The van der Waals surface area contributed by atoms with Gasteiger partial charge in [0.05, 0.1) is 17.3 Å². The normalized spacial score (nSPS) is 11.6. The number of nitrogens with zero attached hydrogens (tertiary/aromatic N) is 5. The minimum Gasteiger partial charge on any atom is -0.334 e. The minimum atomic E-state index is -0.239. The highest BCUT2D eigenvalue weighted by molar-refractivity contribution is 7.99. The molecular formula is C21H25N5OS. The highest BCUT2D eigenvalue weighted by Crippen LogP contribution is 2.29. The van der Waals surface area contributed by atoms with E-state index in [9.17, 15) is 4.79 Å². The molecule has 7 heteroatoms. The van der Waals surface area contributed by atoms with E-state index in [1.807, 2.05) is 64.2 Å². The molecule has 2 aromatic carbocycles. The summed E-state index contributed by atoms with van der Waals surface area (Å²) in [6.07, 6.45) is 0. The van der Waals surface area contributed by atoms with Crippen LogP contribution in [0.2, 0.25) is 0 Å². The molecule has 0 aliphatic rings. The van der Waals surface area contributed by atoms with Crippen LogP contribution in [-0.4, -0.2) is 43.8 Å². The van der Waals surface area contributed by atoms with Crippen LogP contribution in [0.3, 0.4) is 0 Å². The summed E-state index contributed by atoms with van der Waals surface area (Å²) in [6.45, 7) is 6.09. The molecule has 0 aliphatic heterocycles. The molecule has 28 heavy (non-hydrogen) atoms. The maximum absolute atomic E-state index is 13.0. The standard InChI is InChI=1S/C21H25N5OS/c1-21(2,3)26-20(22-23-24-26)28-15-18(27)25(4)19(16-11-7-5-8-12-16)17-13-9-6-10-14-17/h5-14,19H,15H2,1-4H3. The molecule has 1 amide bonds. The fraction of sp³-hybridized carbons (Fsp3) is 0.333. The van der Waals surface area contributed by atoms with Gasteiger partial charge in [0.2, 0.25) is 11.1 Å². The van der Waals surface area contributed by atoms with E-state index in [2.05, 4.69) is 39.8 Å². The van der Waals surface area contributed by atoms with E-state index in [0.717, 1.165) is 11.1 Å². The first-order valence-corrected chi connectivity index (χ1v) is 10.1. The van der Waals surface area contributed by atoms with Gasteiger partial charge < -0.3 is 4.90 Å². The van der Waals surface area contributed by atoms with E-state index in [1.165, 1.54) is 11.8 Å². The van der Waals surface area contributed by atoms with E-state index < -0.39 is 0 Å². The van der Waals surface area contributed by atoms with Crippen LogP contribution in [-0.2, 0) is 10.3 Å². The van der Waals surface area contributed by atoms with E-state index in [0.29, 0.717) is 5.16 Å². The Balaban J connectivity index is 1.79. The fourth-order valence-electron chi connectivity index (χ4n) is 2.97. The summed E-state index contributed by atoms with van der Waals surface area (Å²) in [5.41, 5.74) is 1.92. The van der Waals surface area contributed by atoms with Crippen LogP contribution in [0.4, 0.5) is 0 Å². The van der Waals surface area contributed by atoms with Gasteiger partial charge in [-0.25, -0.2) is 4.68 Å². The van der Waals surface area contributed by atoms with E-state index >= 15 is 0 Å². The zero-order valence-electron chi connectivity index (χ0n) is 16.6. The topological polar surface area (TPSA) is 63.9 Å². The van der Waals surface area contributed by atoms with Crippen LogP contribution in [0.15, 0.2) is 65.8 Å². The Kier molecular flexibility index (Phi) is 6.14. The predicted octanol–water partition coefficient (Wildman–Crippen LogP) is 3.77. The Bertz CT molecular complexity index is 866. The second kappa shape index (κ2) is 8.56. The second-order valence-electron chi connectivity index (χ2n) is 7.56. The van der Waals surface area contributed by atoms with Crippen LogP contribution >= 0.6 is 11.8 Å². The molecule has 0 saturated carbocycles. The maximum Gasteiger partial charge on any atom is 0.233 e. The number of hydrogen-bond donors (Lipinski definition) is 0. The molecule has 0 bridgehead atoms. The van der Waals surface area contributed by atoms with Crippen LogP contribution in [0.5, 0.6) is 0 Å². The van der Waals surface area contributed by atoms with Crippen molar-refractivity contribution < 1.29 is 4.79 Å².